The van der Waals surface area contributed by atoms with Gasteiger partial charge in [-0.2, -0.15) is 0 Å². The second-order valence-corrected chi connectivity index (χ2v) is 11.4. The number of amides is 1. The maximum Gasteiger partial charge on any atom is 0.252 e. The van der Waals surface area contributed by atoms with Crippen LogP contribution in [0.15, 0.2) is 88.0 Å². The Hall–Kier alpha value is -5.06. The summed E-state index contributed by atoms with van der Waals surface area (Å²) in [5, 5.41) is 30.0. The lowest BCUT2D eigenvalue weighted by Gasteiger charge is -2.35. The predicted molar refractivity (Wildman–Crippen MR) is 171 cm³/mol. The maximum atomic E-state index is 14.7. The summed E-state index contributed by atoms with van der Waals surface area (Å²) in [5.74, 6) is 0.479. The first-order valence-electron chi connectivity index (χ1n) is 15.3. The van der Waals surface area contributed by atoms with Crippen LogP contribution in [0, 0.1) is 0 Å². The molecule has 0 aromatic heterocycles. The van der Waals surface area contributed by atoms with Gasteiger partial charge >= 0.3 is 0 Å². The second kappa shape index (κ2) is 15.3. The van der Waals surface area contributed by atoms with E-state index >= 15 is 0 Å². The van der Waals surface area contributed by atoms with E-state index in [2.05, 4.69) is 25.4 Å². The third kappa shape index (κ3) is 7.42. The molecule has 13 nitrogen and oxygen atoms in total. The first-order chi connectivity index (χ1) is 22.5. The van der Waals surface area contributed by atoms with Gasteiger partial charge in [-0.05, 0) is 77.7 Å². The molecular weight excluding hydrogens is 588 g/mol. The van der Waals surface area contributed by atoms with Crippen LogP contribution in [0.5, 0.6) is 5.75 Å². The molecule has 1 aliphatic carbocycles. The maximum absolute atomic E-state index is 14.7. The summed E-state index contributed by atoms with van der Waals surface area (Å²) < 4.78 is 12.3. The highest BCUT2D eigenvalue weighted by molar-refractivity contribution is 6.01. The predicted octanol–water partition coefficient (Wildman–Crippen LogP) is 6.12. The average molecular weight is 625 g/mol. The van der Waals surface area contributed by atoms with Crippen molar-refractivity contribution < 1.29 is 24.5 Å². The third-order valence-electron chi connectivity index (χ3n) is 8.31. The molecule has 0 radical (unpaired) electrons. The molecule has 1 amide bonds. The standard InChI is InChI=1S/C33H36N8O5/c34-40-36-21-24-7-1-3-8-28(24)30-33(20-23-6-2-4-9-29(23)39-41-35,32(44)37-25-12-14-26(43)15-13-25)38-31(46-30)22-10-16-27(17-11-22)45-19-5-18-42/h1-4,6-11,16-17,25-26,30,42-43H,5,12-15,18-21H2,(H,37,44)/t25?,26?,30-,33-/m1/s1. The van der Waals surface area contributed by atoms with Gasteiger partial charge in [-0.3, -0.25) is 4.79 Å². The van der Waals surface area contributed by atoms with Crippen molar-refractivity contribution in [3.05, 3.63) is 116 Å². The molecule has 0 spiro atoms. The van der Waals surface area contributed by atoms with Crippen LogP contribution in [-0.4, -0.2) is 52.9 Å². The van der Waals surface area contributed by atoms with Gasteiger partial charge < -0.3 is 25.0 Å². The minimum absolute atomic E-state index is 0.0274. The molecule has 238 valence electrons. The van der Waals surface area contributed by atoms with E-state index in [0.717, 1.165) is 0 Å². The lowest BCUT2D eigenvalue weighted by molar-refractivity contribution is -0.130. The molecule has 2 atom stereocenters. The van der Waals surface area contributed by atoms with Gasteiger partial charge in [0.15, 0.2) is 11.6 Å². The van der Waals surface area contributed by atoms with E-state index in [1.807, 2.05) is 24.3 Å². The fourth-order valence-corrected chi connectivity index (χ4v) is 5.93. The monoisotopic (exact) mass is 624 g/mol. The Kier molecular flexibility index (Phi) is 10.7. The lowest BCUT2D eigenvalue weighted by atomic mass is 9.79. The molecule has 0 saturated heterocycles. The van der Waals surface area contributed by atoms with Crippen molar-refractivity contribution in [3.8, 4) is 5.75 Å². The van der Waals surface area contributed by atoms with E-state index in [1.54, 1.807) is 48.5 Å². The number of aliphatic hydroxyl groups excluding tert-OH is 2. The van der Waals surface area contributed by atoms with E-state index < -0.39 is 17.7 Å². The largest absolute Gasteiger partial charge is 0.494 e. The SMILES string of the molecule is [N-]=[N+]=NCc1ccccc1[C@H]1OC(c2ccc(OCCCO)cc2)=N[C@@]1(Cc1ccccc1N=[N+]=[N-])C(=O)NC1CCC(O)CC1. The Balaban J connectivity index is 1.63. The minimum Gasteiger partial charge on any atom is -0.494 e. The van der Waals surface area contributed by atoms with E-state index in [1.165, 1.54) is 0 Å². The zero-order valence-electron chi connectivity index (χ0n) is 25.3. The zero-order chi connectivity index (χ0) is 32.4. The number of aliphatic imine (C=N–C) groups is 1. The minimum atomic E-state index is -1.56. The molecule has 1 fully saturated rings. The van der Waals surface area contributed by atoms with Gasteiger partial charge in [0.2, 0.25) is 5.90 Å². The summed E-state index contributed by atoms with van der Waals surface area (Å²) in [6, 6.07) is 21.3. The summed E-state index contributed by atoms with van der Waals surface area (Å²) in [7, 11) is 0. The molecular formula is C33H36N8O5. The average Bonchev–Trinajstić information content (AvgIpc) is 3.46. The first-order valence-corrected chi connectivity index (χ1v) is 15.3. The third-order valence-corrected chi connectivity index (χ3v) is 8.31. The van der Waals surface area contributed by atoms with E-state index in [4.69, 9.17) is 25.1 Å². The molecule has 0 bridgehead atoms. The molecule has 1 aliphatic heterocycles. The molecule has 3 aromatic carbocycles. The Morgan fingerprint density at radius 3 is 2.43 bits per heavy atom. The van der Waals surface area contributed by atoms with Gasteiger partial charge in [0.05, 0.1) is 19.3 Å². The molecule has 3 N–H and O–H groups in total. The Bertz CT molecular complexity index is 1640. The number of hydrogen-bond donors (Lipinski definition) is 3. The zero-order valence-corrected chi connectivity index (χ0v) is 25.3. The highest BCUT2D eigenvalue weighted by Gasteiger charge is 2.54. The molecule has 5 rings (SSSR count). The molecule has 3 aromatic rings. The van der Waals surface area contributed by atoms with Crippen LogP contribution in [-0.2, 0) is 22.5 Å². The number of nitrogens with one attached hydrogen (secondary N) is 1. The lowest BCUT2D eigenvalue weighted by Crippen LogP contribution is -2.53. The molecule has 1 heterocycles. The number of azide groups is 2. The number of carbonyl (C=O) groups is 1. The quantitative estimate of drug-likeness (QED) is 0.0889. The van der Waals surface area contributed by atoms with E-state index in [-0.39, 0.29) is 37.4 Å². The van der Waals surface area contributed by atoms with E-state index in [0.29, 0.717) is 72.4 Å². The van der Waals surface area contributed by atoms with Gasteiger partial charge in [-0.15, -0.1) is 0 Å². The van der Waals surface area contributed by atoms with Crippen LogP contribution in [0.3, 0.4) is 0 Å². The number of carbonyl (C=O) groups excluding carboxylic acids is 1. The Morgan fingerprint density at radius 2 is 1.72 bits per heavy atom. The van der Waals surface area contributed by atoms with E-state index in [9.17, 15) is 15.4 Å². The van der Waals surface area contributed by atoms with Crippen LogP contribution < -0.4 is 10.1 Å². The number of nitrogens with zero attached hydrogens (tertiary/aromatic N) is 7. The van der Waals surface area contributed by atoms with Crippen molar-refractivity contribution in [2.75, 3.05) is 13.2 Å². The summed E-state index contributed by atoms with van der Waals surface area (Å²) >= 11 is 0. The molecule has 13 heteroatoms. The normalized spacial score (nSPS) is 22.0. The smallest absolute Gasteiger partial charge is 0.252 e. The number of benzene rings is 3. The molecule has 0 unspecified atom stereocenters. The number of rotatable bonds is 13. The van der Waals surface area contributed by atoms with Crippen molar-refractivity contribution in [1.29, 1.82) is 0 Å². The topological polar surface area (TPSA) is 198 Å². The van der Waals surface area contributed by atoms with Gasteiger partial charge in [0.25, 0.3) is 5.91 Å². The molecule has 2 aliphatic rings. The Morgan fingerprint density at radius 1 is 1.00 bits per heavy atom. The molecule has 46 heavy (non-hydrogen) atoms. The highest BCUT2D eigenvalue weighted by atomic mass is 16.5. The number of aliphatic hydroxyl groups is 2. The summed E-state index contributed by atoms with van der Waals surface area (Å²) in [4.78, 5) is 25.7. The van der Waals surface area contributed by atoms with Crippen molar-refractivity contribution in [3.63, 3.8) is 0 Å². The highest BCUT2D eigenvalue weighted by Crippen LogP contribution is 2.45. The van der Waals surface area contributed by atoms with Crippen LogP contribution in [0.2, 0.25) is 0 Å². The van der Waals surface area contributed by atoms with Crippen molar-refractivity contribution in [2.45, 2.75) is 68.9 Å². The fraction of sp³-hybridized carbons (Fsp3) is 0.394. The second-order valence-electron chi connectivity index (χ2n) is 11.4. The van der Waals surface area contributed by atoms with Crippen LogP contribution in [0.4, 0.5) is 5.69 Å². The van der Waals surface area contributed by atoms with Gasteiger partial charge in [-0.1, -0.05) is 58.8 Å². The van der Waals surface area contributed by atoms with Gasteiger partial charge in [-0.25, -0.2) is 4.99 Å². The first kappa shape index (κ1) is 32.3. The van der Waals surface area contributed by atoms with Crippen LogP contribution >= 0.6 is 0 Å². The fourth-order valence-electron chi connectivity index (χ4n) is 5.93. The molecule has 1 saturated carbocycles. The van der Waals surface area contributed by atoms with Gasteiger partial charge in [0.1, 0.15) is 5.75 Å². The van der Waals surface area contributed by atoms with Gasteiger partial charge in [0, 0.05) is 46.6 Å². The summed E-state index contributed by atoms with van der Waals surface area (Å²) in [6.07, 6.45) is 1.59. The van der Waals surface area contributed by atoms with Crippen LogP contribution in [0.1, 0.15) is 60.5 Å². The van der Waals surface area contributed by atoms with Crippen molar-refractivity contribution in [1.82, 2.24) is 5.32 Å². The van der Waals surface area contributed by atoms with Crippen LogP contribution in [0.25, 0.3) is 20.9 Å². The summed E-state index contributed by atoms with van der Waals surface area (Å²) in [5.41, 5.74) is 19.7. The number of hydrogen-bond acceptors (Lipinski definition) is 8. The number of ether oxygens (including phenoxy) is 2. The summed E-state index contributed by atoms with van der Waals surface area (Å²) in [6.45, 7) is 0.429. The van der Waals surface area contributed by atoms with Crippen molar-refractivity contribution in [2.24, 2.45) is 15.2 Å². The van der Waals surface area contributed by atoms with Crippen molar-refractivity contribution >= 4 is 17.5 Å². The Labute approximate surface area is 266 Å².